The fourth-order valence-electron chi connectivity index (χ4n) is 0.982. The zero-order valence-corrected chi connectivity index (χ0v) is 8.13. The first-order chi connectivity index (χ1) is 5.64. The fourth-order valence-corrected chi connectivity index (χ4v) is 1.89. The molecule has 2 unspecified atom stereocenters. The molecule has 12 heavy (non-hydrogen) atoms. The summed E-state index contributed by atoms with van der Waals surface area (Å²) >= 11 is 0. The molecule has 0 aromatic rings. The van der Waals surface area contributed by atoms with Crippen LogP contribution >= 0.6 is 8.38 Å². The van der Waals surface area contributed by atoms with Gasteiger partial charge in [0.15, 0.2) is 0 Å². The van der Waals surface area contributed by atoms with E-state index in [2.05, 4.69) is 0 Å². The average Bonchev–Trinajstić information content (AvgIpc) is 2.06. The molecule has 4 nitrogen and oxygen atoms in total. The number of hydrogen-bond acceptors (Lipinski definition) is 4. The van der Waals surface area contributed by atoms with E-state index in [0.717, 1.165) is 0 Å². The minimum atomic E-state index is -1.06. The molecular weight excluding hydrogens is 179 g/mol. The molecule has 0 spiro atoms. The van der Waals surface area contributed by atoms with Gasteiger partial charge in [0.25, 0.3) is 0 Å². The Morgan fingerprint density at radius 3 is 2.83 bits per heavy atom. The van der Waals surface area contributed by atoms with E-state index in [9.17, 15) is 4.79 Å². The van der Waals surface area contributed by atoms with E-state index in [1.165, 1.54) is 0 Å². The molecule has 1 aliphatic rings. The summed E-state index contributed by atoms with van der Waals surface area (Å²) in [5.41, 5.74) is -0.811. The van der Waals surface area contributed by atoms with Crippen molar-refractivity contribution in [2.45, 2.75) is 13.3 Å². The molecule has 0 aromatic heterocycles. The fraction of sp³-hybridized carbons (Fsp3) is 0.857. The van der Waals surface area contributed by atoms with Gasteiger partial charge in [-0.3, -0.25) is 4.79 Å². The van der Waals surface area contributed by atoms with Gasteiger partial charge in [-0.1, -0.05) is 6.92 Å². The summed E-state index contributed by atoms with van der Waals surface area (Å²) in [5.74, 6) is -0.327. The van der Waals surface area contributed by atoms with E-state index in [4.69, 9.17) is 14.2 Å². The highest BCUT2D eigenvalue weighted by Crippen LogP contribution is 2.44. The van der Waals surface area contributed by atoms with Crippen molar-refractivity contribution in [3.8, 4) is 0 Å². The molecule has 2 atom stereocenters. The second-order valence-corrected chi connectivity index (χ2v) is 4.20. The minimum Gasteiger partial charge on any atom is -0.417 e. The van der Waals surface area contributed by atoms with Crippen LogP contribution in [0, 0.1) is 5.41 Å². The lowest BCUT2D eigenvalue weighted by atomic mass is 9.87. The quantitative estimate of drug-likeness (QED) is 0.660. The number of aliphatic hydroxyl groups excluding tert-OH is 1. The summed E-state index contributed by atoms with van der Waals surface area (Å²) in [4.78, 5) is 11.3. The molecule has 1 rings (SSSR count). The zero-order chi connectivity index (χ0) is 9.19. The Balaban J connectivity index is 2.71. The topological polar surface area (TPSA) is 55.8 Å². The summed E-state index contributed by atoms with van der Waals surface area (Å²) in [7, 11) is -1.06. The van der Waals surface area contributed by atoms with E-state index >= 15 is 0 Å². The first-order valence-corrected chi connectivity index (χ1v) is 5.47. The van der Waals surface area contributed by atoms with Gasteiger partial charge in [-0.15, -0.1) is 0 Å². The number of aliphatic hydroxyl groups is 1. The molecule has 0 bridgehead atoms. The lowest BCUT2D eigenvalue weighted by molar-refractivity contribution is -0.155. The summed E-state index contributed by atoms with van der Waals surface area (Å²) in [6.07, 6.45) is 0.547. The molecule has 5 heteroatoms. The molecule has 1 N–H and O–H groups in total. The number of hydrogen-bond donors (Lipinski definition) is 1. The van der Waals surface area contributed by atoms with Crippen molar-refractivity contribution in [2.24, 2.45) is 5.41 Å². The van der Waals surface area contributed by atoms with Gasteiger partial charge in [0.05, 0.1) is 13.2 Å². The van der Waals surface area contributed by atoms with Crippen LogP contribution in [-0.2, 0) is 13.8 Å². The number of carbonyl (C=O) groups is 1. The molecule has 0 radical (unpaired) electrons. The van der Waals surface area contributed by atoms with Gasteiger partial charge in [-0.2, -0.15) is 0 Å². The van der Waals surface area contributed by atoms with Crippen LogP contribution in [0.4, 0.5) is 0 Å². The lowest BCUT2D eigenvalue weighted by Gasteiger charge is -2.34. The van der Waals surface area contributed by atoms with Crippen LogP contribution in [0.1, 0.15) is 13.3 Å². The van der Waals surface area contributed by atoms with Crippen LogP contribution in [0.3, 0.4) is 0 Å². The van der Waals surface area contributed by atoms with E-state index in [1.54, 1.807) is 6.66 Å². The van der Waals surface area contributed by atoms with Crippen molar-refractivity contribution < 1.29 is 18.9 Å². The molecule has 70 valence electrons. The largest absolute Gasteiger partial charge is 0.417 e. The van der Waals surface area contributed by atoms with Crippen molar-refractivity contribution in [1.82, 2.24) is 0 Å². The summed E-state index contributed by atoms with van der Waals surface area (Å²) in [6, 6.07) is 0. The normalized spacial score (nSPS) is 36.2. The van der Waals surface area contributed by atoms with Crippen LogP contribution < -0.4 is 0 Å². The van der Waals surface area contributed by atoms with Gasteiger partial charge >= 0.3 is 5.97 Å². The maximum atomic E-state index is 11.3. The molecule has 1 aliphatic heterocycles. The van der Waals surface area contributed by atoms with Gasteiger partial charge in [0, 0.05) is 6.66 Å². The molecular formula is C7H13O4P. The van der Waals surface area contributed by atoms with Gasteiger partial charge in [-0.05, 0) is 6.42 Å². The molecule has 0 aliphatic carbocycles. The SMILES string of the molecule is CCC1(CO)COP(C)OC1=O. The molecule has 0 aromatic carbocycles. The van der Waals surface area contributed by atoms with Gasteiger partial charge in [-0.25, -0.2) is 0 Å². The highest BCUT2D eigenvalue weighted by atomic mass is 31.2. The van der Waals surface area contributed by atoms with Crippen molar-refractivity contribution >= 4 is 14.3 Å². The smallest absolute Gasteiger partial charge is 0.321 e. The Morgan fingerprint density at radius 1 is 1.75 bits per heavy atom. The highest BCUT2D eigenvalue weighted by molar-refractivity contribution is 7.47. The second-order valence-electron chi connectivity index (χ2n) is 2.88. The lowest BCUT2D eigenvalue weighted by Crippen LogP contribution is -2.42. The predicted molar refractivity (Wildman–Crippen MR) is 44.7 cm³/mol. The Kier molecular flexibility index (Phi) is 3.04. The standard InChI is InChI=1S/C7H13O4P/c1-3-7(4-8)5-10-12(2)11-6(7)9/h8H,3-5H2,1-2H3. The molecule has 1 heterocycles. The van der Waals surface area contributed by atoms with Crippen molar-refractivity contribution in [1.29, 1.82) is 0 Å². The Labute approximate surface area is 72.8 Å². The van der Waals surface area contributed by atoms with Crippen LogP contribution in [0.15, 0.2) is 0 Å². The molecule has 1 fully saturated rings. The number of rotatable bonds is 2. The first-order valence-electron chi connectivity index (χ1n) is 3.84. The maximum absolute atomic E-state index is 11.3. The third-order valence-corrected chi connectivity index (χ3v) is 3.06. The molecule has 0 saturated carbocycles. The van der Waals surface area contributed by atoms with E-state index in [0.29, 0.717) is 6.42 Å². The van der Waals surface area contributed by atoms with E-state index < -0.39 is 13.8 Å². The minimum absolute atomic E-state index is 0.203. The third kappa shape index (κ3) is 1.60. The Bertz CT molecular complexity index is 178. The first kappa shape index (κ1) is 9.90. The highest BCUT2D eigenvalue weighted by Gasteiger charge is 2.43. The second kappa shape index (κ2) is 3.69. The van der Waals surface area contributed by atoms with Crippen molar-refractivity contribution in [2.75, 3.05) is 19.9 Å². The monoisotopic (exact) mass is 192 g/mol. The Morgan fingerprint density at radius 2 is 2.42 bits per heavy atom. The average molecular weight is 192 g/mol. The van der Waals surface area contributed by atoms with Crippen LogP contribution in [0.5, 0.6) is 0 Å². The van der Waals surface area contributed by atoms with E-state index in [1.807, 2.05) is 6.92 Å². The summed E-state index contributed by atoms with van der Waals surface area (Å²) < 4.78 is 10.1. The summed E-state index contributed by atoms with van der Waals surface area (Å²) in [6.45, 7) is 3.64. The Hall–Kier alpha value is -0.180. The molecule has 0 amide bonds. The molecule has 1 saturated heterocycles. The predicted octanol–water partition coefficient (Wildman–Crippen LogP) is 0.890. The van der Waals surface area contributed by atoms with Gasteiger partial charge in [0.1, 0.15) is 5.41 Å². The van der Waals surface area contributed by atoms with Gasteiger partial charge in [0.2, 0.25) is 8.38 Å². The number of carbonyl (C=O) groups excluding carboxylic acids is 1. The van der Waals surface area contributed by atoms with E-state index in [-0.39, 0.29) is 19.2 Å². The van der Waals surface area contributed by atoms with Gasteiger partial charge < -0.3 is 14.2 Å². The van der Waals surface area contributed by atoms with Crippen molar-refractivity contribution in [3.05, 3.63) is 0 Å². The third-order valence-electron chi connectivity index (χ3n) is 2.15. The van der Waals surface area contributed by atoms with Crippen LogP contribution in [0.2, 0.25) is 0 Å². The maximum Gasteiger partial charge on any atom is 0.321 e. The van der Waals surface area contributed by atoms with Crippen LogP contribution in [0.25, 0.3) is 0 Å². The zero-order valence-electron chi connectivity index (χ0n) is 7.24. The van der Waals surface area contributed by atoms with Crippen molar-refractivity contribution in [3.63, 3.8) is 0 Å². The summed E-state index contributed by atoms with van der Waals surface area (Å²) in [5, 5.41) is 9.02. The van der Waals surface area contributed by atoms with Crippen LogP contribution in [-0.4, -0.2) is 31.0 Å².